The van der Waals surface area contributed by atoms with E-state index in [1.54, 1.807) is 32.6 Å². The van der Waals surface area contributed by atoms with E-state index in [1.165, 1.54) is 16.2 Å². The summed E-state index contributed by atoms with van der Waals surface area (Å²) in [5.41, 5.74) is 0.721. The largest absolute Gasteiger partial charge is 0.363 e. The molecule has 7 heteroatoms. The summed E-state index contributed by atoms with van der Waals surface area (Å²) in [5, 5.41) is 11.5. The molecule has 88 valence electrons. The van der Waals surface area contributed by atoms with Crippen LogP contribution in [-0.4, -0.2) is 35.2 Å². The molecule has 0 radical (unpaired) electrons. The molecule has 0 spiro atoms. The van der Waals surface area contributed by atoms with Crippen LogP contribution in [0.2, 0.25) is 0 Å². The Morgan fingerprint density at radius 3 is 2.88 bits per heavy atom. The van der Waals surface area contributed by atoms with Crippen LogP contribution >= 0.6 is 11.3 Å². The average molecular weight is 249 g/mol. The summed E-state index contributed by atoms with van der Waals surface area (Å²) in [6, 6.07) is 3.59. The van der Waals surface area contributed by atoms with Crippen LogP contribution in [0, 0.1) is 0 Å². The van der Waals surface area contributed by atoms with Crippen molar-refractivity contribution in [2.75, 3.05) is 24.3 Å². The summed E-state index contributed by atoms with van der Waals surface area (Å²) in [6.45, 7) is 0. The second-order valence-corrected chi connectivity index (χ2v) is 4.22. The van der Waals surface area contributed by atoms with Crippen molar-refractivity contribution in [1.82, 2.24) is 15.2 Å². The first kappa shape index (κ1) is 11.5. The monoisotopic (exact) mass is 249 g/mol. The number of carbonyl (C=O) groups excluding carboxylic acids is 1. The molecule has 0 aromatic carbocycles. The summed E-state index contributed by atoms with van der Waals surface area (Å²) in [4.78, 5) is 17.5. The zero-order valence-corrected chi connectivity index (χ0v) is 10.2. The highest BCUT2D eigenvalue weighted by Gasteiger charge is 2.18. The highest BCUT2D eigenvalue weighted by molar-refractivity contribution is 7.17. The summed E-state index contributed by atoms with van der Waals surface area (Å²) in [5.74, 6) is -0.197. The zero-order valence-electron chi connectivity index (χ0n) is 9.41. The maximum Gasteiger partial charge on any atom is 0.289 e. The van der Waals surface area contributed by atoms with E-state index in [4.69, 9.17) is 0 Å². The predicted octanol–water partition coefficient (Wildman–Crippen LogP) is 1.25. The van der Waals surface area contributed by atoms with Gasteiger partial charge in [-0.25, -0.2) is 0 Å². The van der Waals surface area contributed by atoms with Crippen LogP contribution in [0.1, 0.15) is 9.80 Å². The molecule has 0 unspecified atom stereocenters. The fourth-order valence-corrected chi connectivity index (χ4v) is 1.90. The van der Waals surface area contributed by atoms with Crippen molar-refractivity contribution in [2.45, 2.75) is 0 Å². The van der Waals surface area contributed by atoms with Gasteiger partial charge < -0.3 is 10.2 Å². The lowest BCUT2D eigenvalue weighted by Crippen LogP contribution is -2.26. The van der Waals surface area contributed by atoms with Gasteiger partial charge in [0.05, 0.1) is 11.9 Å². The fraction of sp³-hybridized carbons (Fsp3) is 0.200. The number of nitrogens with one attached hydrogen (secondary N) is 1. The Bertz CT molecular complexity index is 512. The minimum Gasteiger partial charge on any atom is -0.363 e. The van der Waals surface area contributed by atoms with E-state index >= 15 is 0 Å². The Morgan fingerprint density at radius 1 is 1.47 bits per heavy atom. The molecule has 0 fully saturated rings. The van der Waals surface area contributed by atoms with Gasteiger partial charge in [-0.2, -0.15) is 0 Å². The van der Waals surface area contributed by atoms with Crippen molar-refractivity contribution in [3.8, 4) is 0 Å². The molecule has 0 aliphatic rings. The maximum atomic E-state index is 12.1. The van der Waals surface area contributed by atoms with Gasteiger partial charge >= 0.3 is 0 Å². The minimum atomic E-state index is -0.197. The van der Waals surface area contributed by atoms with Crippen molar-refractivity contribution >= 4 is 28.1 Å². The minimum absolute atomic E-state index is 0.197. The van der Waals surface area contributed by atoms with Crippen LogP contribution in [0.5, 0.6) is 0 Å². The topological polar surface area (TPSA) is 71.0 Å². The van der Waals surface area contributed by atoms with Gasteiger partial charge in [0.15, 0.2) is 0 Å². The molecule has 0 saturated carbocycles. The number of carbonyl (C=O) groups is 1. The first-order chi connectivity index (χ1) is 8.22. The number of anilines is 2. The highest BCUT2D eigenvalue weighted by Crippen LogP contribution is 2.18. The van der Waals surface area contributed by atoms with Crippen molar-refractivity contribution in [1.29, 1.82) is 0 Å². The number of nitrogens with zero attached hydrogens (tertiary/aromatic N) is 4. The molecule has 2 aromatic heterocycles. The number of rotatable bonds is 3. The summed E-state index contributed by atoms with van der Waals surface area (Å²) >= 11 is 1.22. The molecule has 2 rings (SSSR count). The molecule has 0 atom stereocenters. The first-order valence-corrected chi connectivity index (χ1v) is 5.73. The van der Waals surface area contributed by atoms with E-state index in [0.717, 1.165) is 5.69 Å². The van der Waals surface area contributed by atoms with Gasteiger partial charge in [-0.1, -0.05) is 11.3 Å². The second-order valence-electron chi connectivity index (χ2n) is 3.24. The van der Waals surface area contributed by atoms with Crippen LogP contribution in [0.3, 0.4) is 0 Å². The van der Waals surface area contributed by atoms with E-state index in [9.17, 15) is 4.79 Å². The molecule has 2 heterocycles. The Kier molecular flexibility index (Phi) is 3.29. The van der Waals surface area contributed by atoms with Crippen molar-refractivity contribution in [3.05, 3.63) is 29.5 Å². The molecular weight excluding hydrogens is 238 g/mol. The lowest BCUT2D eigenvalue weighted by molar-refractivity contribution is 0.0992. The first-order valence-electron chi connectivity index (χ1n) is 4.91. The Balaban J connectivity index is 2.20. The predicted molar refractivity (Wildman–Crippen MR) is 66.4 cm³/mol. The standard InChI is InChI=1S/C10H11N5OS/c1-11-10-14-13-8(17-10)9(16)15(2)7-4-3-5-12-6-7/h3-6H,1-2H3,(H,11,14). The lowest BCUT2D eigenvalue weighted by Gasteiger charge is -2.14. The number of hydrogen-bond donors (Lipinski definition) is 1. The Morgan fingerprint density at radius 2 is 2.29 bits per heavy atom. The van der Waals surface area contributed by atoms with E-state index in [2.05, 4.69) is 20.5 Å². The third-order valence-electron chi connectivity index (χ3n) is 2.16. The second kappa shape index (κ2) is 4.88. The summed E-state index contributed by atoms with van der Waals surface area (Å²) < 4.78 is 0. The van der Waals surface area contributed by atoms with Gasteiger partial charge in [-0.3, -0.25) is 9.78 Å². The van der Waals surface area contributed by atoms with Gasteiger partial charge in [0.25, 0.3) is 5.91 Å². The quantitative estimate of drug-likeness (QED) is 0.886. The van der Waals surface area contributed by atoms with Crippen molar-refractivity contribution in [3.63, 3.8) is 0 Å². The average Bonchev–Trinajstić information content (AvgIpc) is 2.87. The highest BCUT2D eigenvalue weighted by atomic mass is 32.1. The van der Waals surface area contributed by atoms with E-state index in [0.29, 0.717) is 10.1 Å². The molecule has 0 aliphatic heterocycles. The summed E-state index contributed by atoms with van der Waals surface area (Å²) in [6.07, 6.45) is 3.28. The van der Waals surface area contributed by atoms with Crippen molar-refractivity contribution in [2.24, 2.45) is 0 Å². The van der Waals surface area contributed by atoms with Gasteiger partial charge in [-0.15, -0.1) is 10.2 Å². The molecule has 2 aromatic rings. The fourth-order valence-electron chi connectivity index (χ4n) is 1.22. The number of hydrogen-bond acceptors (Lipinski definition) is 6. The zero-order chi connectivity index (χ0) is 12.3. The Hall–Kier alpha value is -2.02. The number of amides is 1. The number of pyridine rings is 1. The van der Waals surface area contributed by atoms with Crippen LogP contribution in [0.15, 0.2) is 24.5 Å². The van der Waals surface area contributed by atoms with Gasteiger partial charge in [0.2, 0.25) is 10.1 Å². The molecule has 0 bridgehead atoms. The molecule has 0 saturated heterocycles. The van der Waals surface area contributed by atoms with E-state index < -0.39 is 0 Å². The van der Waals surface area contributed by atoms with Crippen LogP contribution in [0.25, 0.3) is 0 Å². The third kappa shape index (κ3) is 2.39. The van der Waals surface area contributed by atoms with Gasteiger partial charge in [-0.05, 0) is 12.1 Å². The van der Waals surface area contributed by atoms with Crippen LogP contribution in [-0.2, 0) is 0 Å². The smallest absolute Gasteiger partial charge is 0.289 e. The maximum absolute atomic E-state index is 12.1. The molecular formula is C10H11N5OS. The van der Waals surface area contributed by atoms with Crippen molar-refractivity contribution < 1.29 is 4.79 Å². The Labute approximate surface area is 102 Å². The molecule has 0 aliphatic carbocycles. The molecule has 6 nitrogen and oxygen atoms in total. The van der Waals surface area contributed by atoms with Crippen LogP contribution in [0.4, 0.5) is 10.8 Å². The normalized spacial score (nSPS) is 10.0. The van der Waals surface area contributed by atoms with E-state index in [1.807, 2.05) is 6.07 Å². The van der Waals surface area contributed by atoms with Gasteiger partial charge in [0, 0.05) is 20.3 Å². The molecule has 17 heavy (non-hydrogen) atoms. The third-order valence-corrected chi connectivity index (χ3v) is 3.09. The SMILES string of the molecule is CNc1nnc(C(=O)N(C)c2cccnc2)s1. The van der Waals surface area contributed by atoms with Gasteiger partial charge in [0.1, 0.15) is 0 Å². The van der Waals surface area contributed by atoms with Crippen LogP contribution < -0.4 is 10.2 Å². The molecule has 1 N–H and O–H groups in total. The van der Waals surface area contributed by atoms with E-state index in [-0.39, 0.29) is 5.91 Å². The number of aromatic nitrogens is 3. The molecule has 1 amide bonds. The summed E-state index contributed by atoms with van der Waals surface area (Å²) in [7, 11) is 3.42. The lowest BCUT2D eigenvalue weighted by atomic mass is 10.4.